The number of aromatic nitrogens is 1. The van der Waals surface area contributed by atoms with Gasteiger partial charge in [0.2, 0.25) is 5.89 Å². The number of oxazole rings is 1. The number of aliphatic hydroxyl groups excluding tert-OH is 1. The van der Waals surface area contributed by atoms with Gasteiger partial charge in [-0.3, -0.25) is 0 Å². The van der Waals surface area contributed by atoms with Crippen molar-refractivity contribution in [1.29, 1.82) is 0 Å². The number of benzene rings is 2. The maximum atomic E-state index is 9.96. The van der Waals surface area contributed by atoms with E-state index in [9.17, 15) is 5.11 Å². The summed E-state index contributed by atoms with van der Waals surface area (Å²) in [6, 6.07) is 16.8. The molecular weight excluding hydrogens is 226 g/mol. The van der Waals surface area contributed by atoms with Crippen molar-refractivity contribution in [3.8, 4) is 0 Å². The van der Waals surface area contributed by atoms with Gasteiger partial charge < -0.3 is 9.52 Å². The molecule has 1 aromatic heterocycles. The Morgan fingerprint density at radius 2 is 1.72 bits per heavy atom. The first-order chi connectivity index (χ1) is 8.83. The molecule has 3 aromatic rings. The summed E-state index contributed by atoms with van der Waals surface area (Å²) in [7, 11) is 0. The smallest absolute Gasteiger partial charge is 0.223 e. The summed E-state index contributed by atoms with van der Waals surface area (Å²) in [4.78, 5) is 4.28. The lowest BCUT2D eigenvalue weighted by Gasteiger charge is -1.97. The van der Waals surface area contributed by atoms with E-state index in [0.717, 1.165) is 11.1 Å². The third-order valence-electron chi connectivity index (χ3n) is 2.64. The highest BCUT2D eigenvalue weighted by Crippen LogP contribution is 2.19. The highest BCUT2D eigenvalue weighted by Gasteiger charge is 2.04. The van der Waals surface area contributed by atoms with Crippen molar-refractivity contribution in [2.24, 2.45) is 0 Å². The number of para-hydroxylation sites is 2. The molecule has 3 heteroatoms. The van der Waals surface area contributed by atoms with Crippen LogP contribution < -0.4 is 0 Å². The minimum atomic E-state index is 0.141. The first-order valence-electron chi connectivity index (χ1n) is 5.64. The summed E-state index contributed by atoms with van der Waals surface area (Å²) in [5.74, 6) is 0.541. The third-order valence-corrected chi connectivity index (χ3v) is 2.64. The summed E-state index contributed by atoms with van der Waals surface area (Å²) in [5.41, 5.74) is 2.23. The van der Waals surface area contributed by atoms with Gasteiger partial charge in [0, 0.05) is 11.6 Å². The van der Waals surface area contributed by atoms with E-state index in [-0.39, 0.29) is 5.76 Å². The first kappa shape index (κ1) is 10.6. The van der Waals surface area contributed by atoms with Crippen molar-refractivity contribution in [2.75, 3.05) is 0 Å². The Morgan fingerprint density at radius 1 is 1.00 bits per heavy atom. The van der Waals surface area contributed by atoms with E-state index in [4.69, 9.17) is 4.42 Å². The highest BCUT2D eigenvalue weighted by molar-refractivity contribution is 5.78. The maximum absolute atomic E-state index is 9.96. The molecular formula is C15H11NO2. The van der Waals surface area contributed by atoms with Crippen molar-refractivity contribution < 1.29 is 9.52 Å². The van der Waals surface area contributed by atoms with Crippen LogP contribution in [0.1, 0.15) is 11.5 Å². The number of fused-ring (bicyclic) bond motifs is 1. The molecule has 0 aliphatic heterocycles. The monoisotopic (exact) mass is 237 g/mol. The fraction of sp³-hybridized carbons (Fsp3) is 0. The summed E-state index contributed by atoms with van der Waals surface area (Å²) in [5, 5.41) is 9.96. The lowest BCUT2D eigenvalue weighted by Crippen LogP contribution is -1.81. The quantitative estimate of drug-likeness (QED) is 0.688. The van der Waals surface area contributed by atoms with Crippen molar-refractivity contribution in [3.63, 3.8) is 0 Å². The molecule has 0 bridgehead atoms. The normalized spacial score (nSPS) is 11.9. The fourth-order valence-corrected chi connectivity index (χ4v) is 1.76. The Bertz CT molecular complexity index is 666. The molecule has 1 heterocycles. The number of rotatable bonds is 2. The molecule has 88 valence electrons. The second-order valence-corrected chi connectivity index (χ2v) is 3.92. The van der Waals surface area contributed by atoms with Gasteiger partial charge in [-0.2, -0.15) is 0 Å². The second-order valence-electron chi connectivity index (χ2n) is 3.92. The Labute approximate surface area is 104 Å². The lowest BCUT2D eigenvalue weighted by atomic mass is 10.2. The van der Waals surface area contributed by atoms with Gasteiger partial charge >= 0.3 is 0 Å². The predicted octanol–water partition coefficient (Wildman–Crippen LogP) is 3.88. The Morgan fingerprint density at radius 3 is 2.50 bits per heavy atom. The summed E-state index contributed by atoms with van der Waals surface area (Å²) < 4.78 is 5.51. The standard InChI is InChI=1S/C15H11NO2/c17-13(11-6-2-1-3-7-11)10-15-16-12-8-4-5-9-14(12)18-15/h1-10,17H/b13-10-. The van der Waals surface area contributed by atoms with Crippen LogP contribution in [0.2, 0.25) is 0 Å². The number of nitrogens with zero attached hydrogens (tertiary/aromatic N) is 1. The SMILES string of the molecule is O/C(=C\c1nc2ccccc2o1)c1ccccc1. The minimum absolute atomic E-state index is 0.141. The summed E-state index contributed by atoms with van der Waals surface area (Å²) >= 11 is 0. The molecule has 0 aliphatic rings. The molecule has 2 aromatic carbocycles. The van der Waals surface area contributed by atoms with Crippen molar-refractivity contribution in [3.05, 3.63) is 66.1 Å². The van der Waals surface area contributed by atoms with E-state index in [2.05, 4.69) is 4.98 Å². The van der Waals surface area contributed by atoms with Gasteiger partial charge in [-0.05, 0) is 12.1 Å². The molecule has 0 amide bonds. The molecule has 0 unspecified atom stereocenters. The van der Waals surface area contributed by atoms with Crippen LogP contribution in [0.4, 0.5) is 0 Å². The van der Waals surface area contributed by atoms with Gasteiger partial charge in [-0.15, -0.1) is 0 Å². The van der Waals surface area contributed by atoms with E-state index < -0.39 is 0 Å². The summed E-state index contributed by atoms with van der Waals surface area (Å²) in [6.45, 7) is 0. The van der Waals surface area contributed by atoms with Crippen molar-refractivity contribution in [2.45, 2.75) is 0 Å². The fourth-order valence-electron chi connectivity index (χ4n) is 1.76. The van der Waals surface area contributed by atoms with Crippen LogP contribution in [0.25, 0.3) is 22.9 Å². The lowest BCUT2D eigenvalue weighted by molar-refractivity contribution is 0.512. The number of hydrogen-bond acceptors (Lipinski definition) is 3. The van der Waals surface area contributed by atoms with Gasteiger partial charge in [-0.1, -0.05) is 42.5 Å². The van der Waals surface area contributed by atoms with Crippen molar-refractivity contribution >= 4 is 22.9 Å². The first-order valence-corrected chi connectivity index (χ1v) is 5.64. The predicted molar refractivity (Wildman–Crippen MR) is 71.0 cm³/mol. The number of aliphatic hydroxyl groups is 1. The van der Waals surface area contributed by atoms with Crippen LogP contribution in [-0.2, 0) is 0 Å². The van der Waals surface area contributed by atoms with Gasteiger partial charge in [0.05, 0.1) is 0 Å². The van der Waals surface area contributed by atoms with Crippen LogP contribution >= 0.6 is 0 Å². The zero-order chi connectivity index (χ0) is 12.4. The van der Waals surface area contributed by atoms with Gasteiger partial charge in [0.25, 0.3) is 0 Å². The molecule has 0 radical (unpaired) electrons. The molecule has 3 rings (SSSR count). The molecule has 0 atom stereocenters. The maximum Gasteiger partial charge on any atom is 0.223 e. The van der Waals surface area contributed by atoms with Gasteiger partial charge in [0.15, 0.2) is 5.58 Å². The highest BCUT2D eigenvalue weighted by atomic mass is 16.3. The van der Waals surface area contributed by atoms with E-state index in [0.29, 0.717) is 11.5 Å². The van der Waals surface area contributed by atoms with Crippen LogP contribution in [0.3, 0.4) is 0 Å². The zero-order valence-electron chi connectivity index (χ0n) is 9.58. The Kier molecular flexibility index (Phi) is 2.57. The zero-order valence-corrected chi connectivity index (χ0v) is 9.58. The molecule has 0 aliphatic carbocycles. The minimum Gasteiger partial charge on any atom is -0.507 e. The Balaban J connectivity index is 2.00. The molecule has 0 saturated carbocycles. The second kappa shape index (κ2) is 4.37. The van der Waals surface area contributed by atoms with Crippen LogP contribution in [0, 0.1) is 0 Å². The molecule has 0 saturated heterocycles. The topological polar surface area (TPSA) is 46.3 Å². The molecule has 1 N–H and O–H groups in total. The molecule has 0 spiro atoms. The van der Waals surface area contributed by atoms with Crippen LogP contribution in [0.15, 0.2) is 59.0 Å². The molecule has 0 fully saturated rings. The summed E-state index contributed by atoms with van der Waals surface area (Å²) in [6.07, 6.45) is 1.52. The van der Waals surface area contributed by atoms with E-state index in [1.165, 1.54) is 6.08 Å². The Hall–Kier alpha value is -2.55. The average Bonchev–Trinajstić information content (AvgIpc) is 2.82. The van der Waals surface area contributed by atoms with Gasteiger partial charge in [-0.25, -0.2) is 4.98 Å². The van der Waals surface area contributed by atoms with Crippen LogP contribution in [-0.4, -0.2) is 10.1 Å². The van der Waals surface area contributed by atoms with E-state index >= 15 is 0 Å². The van der Waals surface area contributed by atoms with Crippen molar-refractivity contribution in [1.82, 2.24) is 4.98 Å². The molecule has 3 nitrogen and oxygen atoms in total. The number of hydrogen-bond donors (Lipinski definition) is 1. The molecule has 18 heavy (non-hydrogen) atoms. The largest absolute Gasteiger partial charge is 0.507 e. The average molecular weight is 237 g/mol. The van der Waals surface area contributed by atoms with E-state index in [1.54, 1.807) is 0 Å². The third kappa shape index (κ3) is 1.98. The van der Waals surface area contributed by atoms with Crippen LogP contribution in [0.5, 0.6) is 0 Å². The van der Waals surface area contributed by atoms with Gasteiger partial charge in [0.1, 0.15) is 11.3 Å². The van der Waals surface area contributed by atoms with E-state index in [1.807, 2.05) is 54.6 Å².